The molecule has 1 aliphatic carbocycles. The summed E-state index contributed by atoms with van der Waals surface area (Å²) in [5.74, 6) is -1.93. The Bertz CT molecular complexity index is 990. The monoisotopic (exact) mass is 528 g/mol. The highest BCUT2D eigenvalue weighted by molar-refractivity contribution is 6.47. The summed E-state index contributed by atoms with van der Waals surface area (Å²) in [6.45, 7) is 12.1. The second-order valence-corrected chi connectivity index (χ2v) is 11.4. The molecule has 0 bridgehead atoms. The Balaban J connectivity index is 1.67. The van der Waals surface area contributed by atoms with E-state index in [-0.39, 0.29) is 12.0 Å². The van der Waals surface area contributed by atoms with Crippen molar-refractivity contribution >= 4 is 18.9 Å². The molecule has 0 radical (unpaired) electrons. The third-order valence-electron chi connectivity index (χ3n) is 7.47. The van der Waals surface area contributed by atoms with Crippen LogP contribution < -0.4 is 10.6 Å². The van der Waals surface area contributed by atoms with Crippen LogP contribution >= 0.6 is 0 Å². The summed E-state index contributed by atoms with van der Waals surface area (Å²) in [5.41, 5.74) is -2.42. The SMILES string of the molecule is CC(C)C[C@H](NC(=O)CNC(=O)c1cc(C(F)(F)F)ccc1F)B1O[C@@H]2CC(C)C[C@@H](C(C)C)[C@]2(C)O1. The third-order valence-corrected chi connectivity index (χ3v) is 7.47. The van der Waals surface area contributed by atoms with Gasteiger partial charge in [0.1, 0.15) is 5.82 Å². The Kier molecular flexibility index (Phi) is 8.99. The number of hydrogen-bond donors (Lipinski definition) is 2. The van der Waals surface area contributed by atoms with Crippen LogP contribution in [0.3, 0.4) is 0 Å². The van der Waals surface area contributed by atoms with E-state index < -0.39 is 60.1 Å². The number of benzene rings is 1. The smallest absolute Gasteiger partial charge is 0.404 e. The molecule has 2 aliphatic rings. The molecule has 206 valence electrons. The van der Waals surface area contributed by atoms with E-state index in [0.29, 0.717) is 42.4 Å². The Labute approximate surface area is 216 Å². The van der Waals surface area contributed by atoms with Gasteiger partial charge in [0, 0.05) is 0 Å². The van der Waals surface area contributed by atoms with Crippen molar-refractivity contribution in [2.75, 3.05) is 6.54 Å². The molecule has 0 spiro atoms. The molecular formula is C26H37BF4N2O4. The van der Waals surface area contributed by atoms with Crippen LogP contribution in [0, 0.1) is 29.5 Å². The van der Waals surface area contributed by atoms with Crippen molar-refractivity contribution in [3.63, 3.8) is 0 Å². The standard InChI is InChI=1S/C26H37BF4N2O4/c1-14(2)9-22(27-36-21-11-16(5)10-19(15(3)4)25(21,6)37-27)33-23(34)13-32-24(35)18-12-17(26(29,30)31)7-8-20(18)28/h7-8,12,14-16,19,21-22H,9-11,13H2,1-6H3,(H,32,35)(H,33,34)/t16?,19-,21+,22-,25-/m0/s1. The van der Waals surface area contributed by atoms with Crippen LogP contribution in [0.5, 0.6) is 0 Å². The summed E-state index contributed by atoms with van der Waals surface area (Å²) in [7, 11) is -0.676. The number of carbonyl (C=O) groups is 2. The number of amides is 2. The van der Waals surface area contributed by atoms with Crippen LogP contribution in [0.15, 0.2) is 18.2 Å². The van der Waals surface area contributed by atoms with Crippen molar-refractivity contribution in [2.24, 2.45) is 23.7 Å². The summed E-state index contributed by atoms with van der Waals surface area (Å²) < 4.78 is 65.8. The predicted molar refractivity (Wildman–Crippen MR) is 132 cm³/mol. The molecule has 2 amide bonds. The lowest BCUT2D eigenvalue weighted by Gasteiger charge is -2.46. The Morgan fingerprint density at radius 3 is 2.46 bits per heavy atom. The van der Waals surface area contributed by atoms with Gasteiger partial charge < -0.3 is 19.9 Å². The molecule has 5 atom stereocenters. The fourth-order valence-electron chi connectivity index (χ4n) is 5.64. The van der Waals surface area contributed by atoms with Crippen LogP contribution in [0.4, 0.5) is 17.6 Å². The fraction of sp³-hybridized carbons (Fsp3) is 0.692. The van der Waals surface area contributed by atoms with Gasteiger partial charge in [-0.05, 0) is 68.1 Å². The molecule has 11 heteroatoms. The van der Waals surface area contributed by atoms with E-state index in [9.17, 15) is 27.2 Å². The molecule has 3 rings (SSSR count). The lowest BCUT2D eigenvalue weighted by atomic mass is 9.66. The van der Waals surface area contributed by atoms with E-state index in [1.54, 1.807) is 0 Å². The summed E-state index contributed by atoms with van der Waals surface area (Å²) >= 11 is 0. The van der Waals surface area contributed by atoms with Gasteiger partial charge in [0.25, 0.3) is 5.91 Å². The van der Waals surface area contributed by atoms with Crippen molar-refractivity contribution in [3.8, 4) is 0 Å². The molecule has 1 saturated heterocycles. The van der Waals surface area contributed by atoms with Gasteiger partial charge in [-0.1, -0.05) is 34.6 Å². The predicted octanol–water partition coefficient (Wildman–Crippen LogP) is 5.01. The van der Waals surface area contributed by atoms with E-state index in [1.807, 2.05) is 13.8 Å². The summed E-state index contributed by atoms with van der Waals surface area (Å²) in [6.07, 6.45) is -2.40. The molecule has 1 aromatic rings. The highest BCUT2D eigenvalue weighted by Crippen LogP contribution is 2.48. The van der Waals surface area contributed by atoms with E-state index in [4.69, 9.17) is 9.31 Å². The van der Waals surface area contributed by atoms with Gasteiger partial charge in [0.05, 0.1) is 35.3 Å². The van der Waals surface area contributed by atoms with Gasteiger partial charge in [-0.3, -0.25) is 9.59 Å². The fourth-order valence-corrected chi connectivity index (χ4v) is 5.64. The van der Waals surface area contributed by atoms with Crippen molar-refractivity contribution in [3.05, 3.63) is 35.1 Å². The van der Waals surface area contributed by atoms with Gasteiger partial charge in [0.2, 0.25) is 5.91 Å². The van der Waals surface area contributed by atoms with Crippen molar-refractivity contribution < 1.29 is 36.5 Å². The average molecular weight is 528 g/mol. The normalized spacial score (nSPS) is 26.8. The zero-order valence-electron chi connectivity index (χ0n) is 22.2. The number of halogens is 4. The summed E-state index contributed by atoms with van der Waals surface area (Å²) in [4.78, 5) is 25.1. The zero-order chi connectivity index (χ0) is 27.7. The second-order valence-electron chi connectivity index (χ2n) is 11.4. The average Bonchev–Trinajstić information content (AvgIpc) is 3.12. The molecule has 1 heterocycles. The lowest BCUT2D eigenvalue weighted by Crippen LogP contribution is -2.53. The molecule has 0 aromatic heterocycles. The van der Waals surface area contributed by atoms with Gasteiger partial charge in [-0.2, -0.15) is 13.2 Å². The molecule has 2 fully saturated rings. The van der Waals surface area contributed by atoms with Gasteiger partial charge in [0.15, 0.2) is 0 Å². The first-order valence-electron chi connectivity index (χ1n) is 12.9. The first-order valence-corrected chi connectivity index (χ1v) is 12.9. The van der Waals surface area contributed by atoms with Gasteiger partial charge in [-0.25, -0.2) is 4.39 Å². The maximum absolute atomic E-state index is 14.0. The molecule has 6 nitrogen and oxygen atoms in total. The lowest BCUT2D eigenvalue weighted by molar-refractivity contribution is -0.137. The minimum Gasteiger partial charge on any atom is -0.404 e. The number of fused-ring (bicyclic) bond motifs is 1. The van der Waals surface area contributed by atoms with Crippen LogP contribution in [0.1, 0.15) is 76.7 Å². The zero-order valence-corrected chi connectivity index (χ0v) is 22.2. The molecule has 37 heavy (non-hydrogen) atoms. The Hall–Kier alpha value is -2.14. The summed E-state index contributed by atoms with van der Waals surface area (Å²) in [6, 6.07) is 1.56. The van der Waals surface area contributed by atoms with Crippen LogP contribution in [-0.2, 0) is 20.3 Å². The minimum absolute atomic E-state index is 0.108. The molecule has 1 aliphatic heterocycles. The minimum atomic E-state index is -4.73. The highest BCUT2D eigenvalue weighted by Gasteiger charge is 2.58. The second kappa shape index (κ2) is 11.3. The Morgan fingerprint density at radius 2 is 1.86 bits per heavy atom. The van der Waals surface area contributed by atoms with Crippen LogP contribution in [0.2, 0.25) is 0 Å². The largest absolute Gasteiger partial charge is 0.481 e. The van der Waals surface area contributed by atoms with E-state index >= 15 is 0 Å². The van der Waals surface area contributed by atoms with E-state index in [0.717, 1.165) is 12.8 Å². The highest BCUT2D eigenvalue weighted by atomic mass is 19.4. The number of carbonyl (C=O) groups excluding carboxylic acids is 2. The maximum Gasteiger partial charge on any atom is 0.481 e. The first kappa shape index (κ1) is 29.4. The first-order chi connectivity index (χ1) is 17.1. The van der Waals surface area contributed by atoms with E-state index in [2.05, 4.69) is 38.3 Å². The molecule has 2 N–H and O–H groups in total. The summed E-state index contributed by atoms with van der Waals surface area (Å²) in [5, 5.41) is 5.06. The van der Waals surface area contributed by atoms with Crippen LogP contribution in [0.25, 0.3) is 0 Å². The number of hydrogen-bond acceptors (Lipinski definition) is 4. The quantitative estimate of drug-likeness (QED) is 0.368. The van der Waals surface area contributed by atoms with Gasteiger partial charge >= 0.3 is 13.3 Å². The van der Waals surface area contributed by atoms with Crippen molar-refractivity contribution in [2.45, 2.75) is 84.6 Å². The topological polar surface area (TPSA) is 76.7 Å². The number of nitrogens with one attached hydrogen (secondary N) is 2. The molecule has 1 aromatic carbocycles. The number of alkyl halides is 3. The van der Waals surface area contributed by atoms with Gasteiger partial charge in [-0.15, -0.1) is 0 Å². The van der Waals surface area contributed by atoms with Crippen molar-refractivity contribution in [1.82, 2.24) is 10.6 Å². The molecular weight excluding hydrogens is 491 g/mol. The number of rotatable bonds is 8. The molecule has 1 unspecified atom stereocenters. The van der Waals surface area contributed by atoms with Crippen molar-refractivity contribution in [1.29, 1.82) is 0 Å². The third kappa shape index (κ3) is 6.85. The molecule has 1 saturated carbocycles. The van der Waals surface area contributed by atoms with Crippen LogP contribution in [-0.4, -0.2) is 43.1 Å². The maximum atomic E-state index is 14.0. The Morgan fingerprint density at radius 1 is 1.19 bits per heavy atom. The van der Waals surface area contributed by atoms with E-state index in [1.165, 1.54) is 0 Å².